The summed E-state index contributed by atoms with van der Waals surface area (Å²) in [7, 11) is 2.88. The Morgan fingerprint density at radius 3 is 2.67 bits per heavy atom. The zero-order valence-corrected chi connectivity index (χ0v) is 16.1. The number of nitrogens with one attached hydrogen (secondary N) is 1. The van der Waals surface area contributed by atoms with E-state index in [1.807, 2.05) is 0 Å². The molecule has 0 spiro atoms. The van der Waals surface area contributed by atoms with Gasteiger partial charge < -0.3 is 10.2 Å². The van der Waals surface area contributed by atoms with E-state index in [-0.39, 0.29) is 5.69 Å². The quantitative estimate of drug-likeness (QED) is 0.837. The normalized spacial score (nSPS) is 17.2. The monoisotopic (exact) mass is 370 g/mol. The Morgan fingerprint density at radius 1 is 1.19 bits per heavy atom. The van der Waals surface area contributed by atoms with Crippen molar-refractivity contribution in [1.82, 2.24) is 19.4 Å². The third-order valence-electron chi connectivity index (χ3n) is 5.37. The molecule has 2 heterocycles. The number of carbonyl (C=O) groups is 1. The Balaban J connectivity index is 1.55. The minimum absolute atomic E-state index is 0.0855. The molecular formula is C20H26N4O3. The molecule has 1 saturated heterocycles. The molecule has 0 unspecified atom stereocenters. The number of nitrogens with zero attached hydrogens (tertiary/aromatic N) is 3. The molecule has 3 rings (SSSR count). The molecule has 7 nitrogen and oxygen atoms in total. The lowest BCUT2D eigenvalue weighted by Crippen LogP contribution is -2.42. The van der Waals surface area contributed by atoms with E-state index in [9.17, 15) is 14.4 Å². The Labute approximate surface area is 158 Å². The van der Waals surface area contributed by atoms with Gasteiger partial charge in [-0.1, -0.05) is 24.3 Å². The highest BCUT2D eigenvalue weighted by molar-refractivity contribution is 5.92. The fourth-order valence-electron chi connectivity index (χ4n) is 3.70. The predicted molar refractivity (Wildman–Crippen MR) is 104 cm³/mol. The third-order valence-corrected chi connectivity index (χ3v) is 5.37. The maximum atomic E-state index is 12.3. The zero-order chi connectivity index (χ0) is 19.6. The molecule has 0 aliphatic carbocycles. The van der Waals surface area contributed by atoms with Crippen molar-refractivity contribution in [3.63, 3.8) is 0 Å². The van der Waals surface area contributed by atoms with Gasteiger partial charge in [0.05, 0.1) is 0 Å². The third kappa shape index (κ3) is 4.03. The topological polar surface area (TPSA) is 76.3 Å². The first-order valence-electron chi connectivity index (χ1n) is 9.21. The van der Waals surface area contributed by atoms with Gasteiger partial charge in [0.25, 0.3) is 11.5 Å². The Kier molecular flexibility index (Phi) is 5.60. The number of hydrogen-bond donors (Lipinski definition) is 1. The summed E-state index contributed by atoms with van der Waals surface area (Å²) in [5, 5.41) is 2.82. The number of likely N-dealkylation sites (tertiary alicyclic amines) is 1. The van der Waals surface area contributed by atoms with E-state index in [4.69, 9.17) is 0 Å². The standard InChI is InChI=1S/C20H26N4O3/c1-14-6-4-5-7-16(14)15-8-10-24(13-15)11-9-21-19(26)17-12-18(25)23(3)20(27)22(17)2/h4-7,12,15H,8-11,13H2,1-3H3,(H,21,26)/t15-/m1/s1. The van der Waals surface area contributed by atoms with E-state index < -0.39 is 17.2 Å². The number of benzene rings is 1. The largest absolute Gasteiger partial charge is 0.349 e. The summed E-state index contributed by atoms with van der Waals surface area (Å²) < 4.78 is 2.17. The van der Waals surface area contributed by atoms with Gasteiger partial charge in [0.15, 0.2) is 0 Å². The van der Waals surface area contributed by atoms with Crippen molar-refractivity contribution in [1.29, 1.82) is 0 Å². The van der Waals surface area contributed by atoms with Gasteiger partial charge in [0, 0.05) is 39.8 Å². The molecular weight excluding hydrogens is 344 g/mol. The lowest BCUT2D eigenvalue weighted by Gasteiger charge is -2.17. The van der Waals surface area contributed by atoms with Crippen LogP contribution in [0, 0.1) is 6.92 Å². The number of rotatable bonds is 5. The van der Waals surface area contributed by atoms with Crippen LogP contribution in [0.5, 0.6) is 0 Å². The van der Waals surface area contributed by atoms with Crippen LogP contribution >= 0.6 is 0 Å². The van der Waals surface area contributed by atoms with Gasteiger partial charge in [0.1, 0.15) is 5.69 Å². The molecule has 1 fully saturated rings. The SMILES string of the molecule is Cc1ccccc1[C@@H]1CCN(CCNC(=O)c2cc(=O)n(C)c(=O)n2C)C1. The molecule has 2 aromatic rings. The highest BCUT2D eigenvalue weighted by Gasteiger charge is 2.24. The summed E-state index contributed by atoms with van der Waals surface area (Å²) in [4.78, 5) is 38.4. The molecule has 0 saturated carbocycles. The summed E-state index contributed by atoms with van der Waals surface area (Å²) >= 11 is 0. The lowest BCUT2D eigenvalue weighted by molar-refractivity contribution is 0.0939. The number of aromatic nitrogens is 2. The highest BCUT2D eigenvalue weighted by Crippen LogP contribution is 2.28. The minimum Gasteiger partial charge on any atom is -0.349 e. The molecule has 7 heteroatoms. The van der Waals surface area contributed by atoms with Gasteiger partial charge >= 0.3 is 5.69 Å². The molecule has 1 aromatic heterocycles. The van der Waals surface area contributed by atoms with Gasteiger partial charge in [-0.05, 0) is 36.9 Å². The van der Waals surface area contributed by atoms with Gasteiger partial charge in [-0.3, -0.25) is 18.7 Å². The fourth-order valence-corrected chi connectivity index (χ4v) is 3.70. The van der Waals surface area contributed by atoms with E-state index in [1.54, 1.807) is 0 Å². The maximum Gasteiger partial charge on any atom is 0.331 e. The predicted octanol–water partition coefficient (Wildman–Crippen LogP) is 0.612. The maximum absolute atomic E-state index is 12.3. The van der Waals surface area contributed by atoms with Crippen LogP contribution in [0.15, 0.2) is 39.9 Å². The molecule has 0 radical (unpaired) electrons. The Bertz CT molecular complexity index is 960. The second-order valence-corrected chi connectivity index (χ2v) is 7.17. The number of aryl methyl sites for hydroxylation is 1. The minimum atomic E-state index is -0.506. The van der Waals surface area contributed by atoms with E-state index in [0.717, 1.165) is 30.6 Å². The lowest BCUT2D eigenvalue weighted by atomic mass is 9.94. The molecule has 144 valence electrons. The van der Waals surface area contributed by atoms with Crippen LogP contribution in [-0.2, 0) is 14.1 Å². The molecule has 1 atom stereocenters. The van der Waals surface area contributed by atoms with Crippen LogP contribution in [0.4, 0.5) is 0 Å². The Morgan fingerprint density at radius 2 is 1.93 bits per heavy atom. The second kappa shape index (κ2) is 7.92. The van der Waals surface area contributed by atoms with Gasteiger partial charge in [-0.2, -0.15) is 0 Å². The first kappa shape index (κ1) is 19.1. The van der Waals surface area contributed by atoms with Crippen LogP contribution < -0.4 is 16.6 Å². The number of amides is 1. The first-order valence-corrected chi connectivity index (χ1v) is 9.21. The molecule has 1 aliphatic heterocycles. The summed E-state index contributed by atoms with van der Waals surface area (Å²) in [5.41, 5.74) is 1.82. The summed E-state index contributed by atoms with van der Waals surface area (Å²) in [6.45, 7) is 5.34. The fraction of sp³-hybridized carbons (Fsp3) is 0.450. The summed E-state index contributed by atoms with van der Waals surface area (Å²) in [6, 6.07) is 9.68. The van der Waals surface area contributed by atoms with Crippen molar-refractivity contribution >= 4 is 5.91 Å². The van der Waals surface area contributed by atoms with Crippen molar-refractivity contribution in [2.45, 2.75) is 19.3 Å². The van der Waals surface area contributed by atoms with Crippen LogP contribution in [-0.4, -0.2) is 46.1 Å². The van der Waals surface area contributed by atoms with E-state index >= 15 is 0 Å². The molecule has 0 bridgehead atoms. The smallest absolute Gasteiger partial charge is 0.331 e. The Hall–Kier alpha value is -2.67. The van der Waals surface area contributed by atoms with E-state index in [1.165, 1.54) is 35.9 Å². The average Bonchev–Trinajstić information content (AvgIpc) is 3.12. The molecule has 1 amide bonds. The molecule has 1 N–H and O–H groups in total. The first-order chi connectivity index (χ1) is 12.9. The van der Waals surface area contributed by atoms with E-state index in [2.05, 4.69) is 41.4 Å². The summed E-state index contributed by atoms with van der Waals surface area (Å²) in [6.07, 6.45) is 1.11. The van der Waals surface area contributed by atoms with Gasteiger partial charge in [-0.25, -0.2) is 4.79 Å². The van der Waals surface area contributed by atoms with Crippen molar-refractivity contribution in [2.24, 2.45) is 14.1 Å². The van der Waals surface area contributed by atoms with Crippen molar-refractivity contribution in [3.05, 3.63) is 68.0 Å². The van der Waals surface area contributed by atoms with Crippen molar-refractivity contribution < 1.29 is 4.79 Å². The number of carbonyl (C=O) groups excluding carboxylic acids is 1. The second-order valence-electron chi connectivity index (χ2n) is 7.17. The zero-order valence-electron chi connectivity index (χ0n) is 16.1. The number of hydrogen-bond acceptors (Lipinski definition) is 4. The highest BCUT2D eigenvalue weighted by atomic mass is 16.2. The van der Waals surface area contributed by atoms with Crippen LogP contribution in [0.1, 0.15) is 34.0 Å². The van der Waals surface area contributed by atoms with E-state index in [0.29, 0.717) is 12.5 Å². The van der Waals surface area contributed by atoms with Crippen molar-refractivity contribution in [2.75, 3.05) is 26.2 Å². The average molecular weight is 370 g/mol. The molecule has 27 heavy (non-hydrogen) atoms. The van der Waals surface area contributed by atoms with Crippen LogP contribution in [0.2, 0.25) is 0 Å². The molecule has 1 aromatic carbocycles. The summed E-state index contributed by atoms with van der Waals surface area (Å²) in [5.74, 6) is 0.127. The van der Waals surface area contributed by atoms with Crippen molar-refractivity contribution in [3.8, 4) is 0 Å². The van der Waals surface area contributed by atoms with Gasteiger partial charge in [-0.15, -0.1) is 0 Å². The van der Waals surface area contributed by atoms with Crippen LogP contribution in [0.25, 0.3) is 0 Å². The molecule has 1 aliphatic rings. The van der Waals surface area contributed by atoms with Gasteiger partial charge in [0.2, 0.25) is 0 Å². The van der Waals surface area contributed by atoms with Crippen LogP contribution in [0.3, 0.4) is 0 Å².